The average Bonchev–Trinajstić information content (AvgIpc) is 2.19. The molecule has 0 unspecified atom stereocenters. The summed E-state index contributed by atoms with van der Waals surface area (Å²) in [6.45, 7) is 1.38. The molecule has 5 nitrogen and oxygen atoms in total. The summed E-state index contributed by atoms with van der Waals surface area (Å²) < 4.78 is 4.53. The van der Waals surface area contributed by atoms with Gasteiger partial charge in [-0.3, -0.25) is 4.79 Å². The van der Waals surface area contributed by atoms with Gasteiger partial charge in [0.2, 0.25) is 5.91 Å². The fraction of sp³-hybridized carbons (Fsp3) is 0.200. The maximum absolute atomic E-state index is 11.1. The van der Waals surface area contributed by atoms with Crippen LogP contribution in [0, 0.1) is 0 Å². The minimum absolute atomic E-state index is 0. The molecule has 0 aliphatic carbocycles. The Labute approximate surface area is 99.4 Å². The highest BCUT2D eigenvalue weighted by Gasteiger charge is 2.08. The fourth-order valence-corrected chi connectivity index (χ4v) is 1.11. The minimum atomic E-state index is -0.462. The summed E-state index contributed by atoms with van der Waals surface area (Å²) in [5.74, 6) is -0.677. The summed E-state index contributed by atoms with van der Waals surface area (Å²) in [6.07, 6.45) is 0. The van der Waals surface area contributed by atoms with Crippen molar-refractivity contribution in [1.82, 2.24) is 0 Å². The lowest BCUT2D eigenvalue weighted by molar-refractivity contribution is -0.114. The first-order chi connectivity index (χ1) is 7.04. The van der Waals surface area contributed by atoms with E-state index in [0.29, 0.717) is 16.9 Å². The van der Waals surface area contributed by atoms with E-state index in [-0.39, 0.29) is 18.3 Å². The van der Waals surface area contributed by atoms with Gasteiger partial charge in [-0.2, -0.15) is 0 Å². The molecule has 0 aliphatic heterocycles. The van der Waals surface area contributed by atoms with Crippen LogP contribution in [0.25, 0.3) is 0 Å². The Morgan fingerprint density at radius 2 is 2.00 bits per heavy atom. The number of halogens is 1. The lowest BCUT2D eigenvalue weighted by Crippen LogP contribution is -2.09. The van der Waals surface area contributed by atoms with Crippen molar-refractivity contribution in [3.63, 3.8) is 0 Å². The van der Waals surface area contributed by atoms with E-state index in [0.717, 1.165) is 0 Å². The van der Waals surface area contributed by atoms with Gasteiger partial charge >= 0.3 is 5.97 Å². The van der Waals surface area contributed by atoms with Crippen LogP contribution >= 0.6 is 12.4 Å². The number of methoxy groups -OCH3 is 1. The SMILES string of the molecule is COC(=O)c1ccc(NC(C)=O)c(N)c1.Cl. The second-order valence-electron chi connectivity index (χ2n) is 2.97. The summed E-state index contributed by atoms with van der Waals surface area (Å²) >= 11 is 0. The van der Waals surface area contributed by atoms with Crippen LogP contribution in [0.3, 0.4) is 0 Å². The van der Waals surface area contributed by atoms with E-state index in [1.54, 1.807) is 6.07 Å². The number of ether oxygens (including phenoxy) is 1. The van der Waals surface area contributed by atoms with Crippen molar-refractivity contribution in [2.45, 2.75) is 6.92 Å². The number of anilines is 2. The number of benzene rings is 1. The number of nitrogen functional groups attached to an aromatic ring is 1. The van der Waals surface area contributed by atoms with Gasteiger partial charge in [-0.1, -0.05) is 0 Å². The number of carbonyl (C=O) groups is 2. The van der Waals surface area contributed by atoms with Crippen LogP contribution in [0.2, 0.25) is 0 Å². The smallest absolute Gasteiger partial charge is 0.337 e. The molecular formula is C10H13ClN2O3. The van der Waals surface area contributed by atoms with E-state index in [4.69, 9.17) is 5.73 Å². The molecule has 0 spiro atoms. The van der Waals surface area contributed by atoms with Gasteiger partial charge in [-0.25, -0.2) is 4.79 Å². The highest BCUT2D eigenvalue weighted by Crippen LogP contribution is 2.20. The molecule has 0 fully saturated rings. The number of amides is 1. The number of nitrogens with one attached hydrogen (secondary N) is 1. The molecule has 3 N–H and O–H groups in total. The van der Waals surface area contributed by atoms with Crippen molar-refractivity contribution in [3.8, 4) is 0 Å². The van der Waals surface area contributed by atoms with E-state index in [9.17, 15) is 9.59 Å². The number of carbonyl (C=O) groups excluding carboxylic acids is 2. The molecule has 0 atom stereocenters. The van der Waals surface area contributed by atoms with Crippen molar-refractivity contribution < 1.29 is 14.3 Å². The Hall–Kier alpha value is -1.75. The van der Waals surface area contributed by atoms with Crippen LogP contribution in [0.4, 0.5) is 11.4 Å². The van der Waals surface area contributed by atoms with E-state index >= 15 is 0 Å². The fourth-order valence-electron chi connectivity index (χ4n) is 1.11. The zero-order chi connectivity index (χ0) is 11.4. The third kappa shape index (κ3) is 3.43. The van der Waals surface area contributed by atoms with Crippen LogP contribution in [0.5, 0.6) is 0 Å². The zero-order valence-electron chi connectivity index (χ0n) is 8.94. The molecule has 0 aliphatic rings. The Bertz CT molecular complexity index is 407. The molecule has 1 rings (SSSR count). The van der Waals surface area contributed by atoms with Crippen molar-refractivity contribution in [2.75, 3.05) is 18.2 Å². The van der Waals surface area contributed by atoms with E-state index in [1.807, 2.05) is 0 Å². The van der Waals surface area contributed by atoms with Crippen LogP contribution in [-0.4, -0.2) is 19.0 Å². The number of hydrogen-bond acceptors (Lipinski definition) is 4. The van der Waals surface area contributed by atoms with Gasteiger partial charge in [0.15, 0.2) is 0 Å². The summed E-state index contributed by atoms with van der Waals surface area (Å²) in [5.41, 5.74) is 6.80. The Morgan fingerprint density at radius 3 is 2.44 bits per heavy atom. The van der Waals surface area contributed by atoms with Crippen molar-refractivity contribution in [3.05, 3.63) is 23.8 Å². The molecule has 1 aromatic rings. The summed E-state index contributed by atoms with van der Waals surface area (Å²) in [6, 6.07) is 4.55. The number of hydrogen-bond donors (Lipinski definition) is 2. The molecule has 1 amide bonds. The van der Waals surface area contributed by atoms with Crippen molar-refractivity contribution in [2.24, 2.45) is 0 Å². The van der Waals surface area contributed by atoms with Crippen molar-refractivity contribution in [1.29, 1.82) is 0 Å². The highest BCUT2D eigenvalue weighted by molar-refractivity contribution is 5.95. The van der Waals surface area contributed by atoms with Crippen molar-refractivity contribution >= 4 is 35.7 Å². The predicted octanol–water partition coefficient (Wildman–Crippen LogP) is 1.44. The Kier molecular flexibility index (Phi) is 5.32. The molecule has 0 heterocycles. The van der Waals surface area contributed by atoms with Gasteiger partial charge < -0.3 is 15.8 Å². The van der Waals surface area contributed by atoms with E-state index in [2.05, 4.69) is 10.1 Å². The summed E-state index contributed by atoms with van der Waals surface area (Å²) in [7, 11) is 1.29. The zero-order valence-corrected chi connectivity index (χ0v) is 9.76. The molecule has 0 aromatic heterocycles. The molecular weight excluding hydrogens is 232 g/mol. The lowest BCUT2D eigenvalue weighted by atomic mass is 10.1. The minimum Gasteiger partial charge on any atom is -0.465 e. The first-order valence-corrected chi connectivity index (χ1v) is 4.30. The second kappa shape index (κ2) is 5.97. The standard InChI is InChI=1S/C10H12N2O3.ClH/c1-6(13)12-9-4-3-7(5-8(9)11)10(14)15-2;/h3-5H,11H2,1-2H3,(H,12,13);1H. The summed E-state index contributed by atoms with van der Waals surface area (Å²) in [4.78, 5) is 21.9. The van der Waals surface area contributed by atoms with E-state index in [1.165, 1.54) is 26.2 Å². The third-order valence-electron chi connectivity index (χ3n) is 1.78. The van der Waals surface area contributed by atoms with Crippen LogP contribution in [-0.2, 0) is 9.53 Å². The molecule has 88 valence electrons. The monoisotopic (exact) mass is 244 g/mol. The normalized spacial score (nSPS) is 8.88. The quantitative estimate of drug-likeness (QED) is 0.609. The lowest BCUT2D eigenvalue weighted by Gasteiger charge is -2.07. The Balaban J connectivity index is 0.00000225. The largest absolute Gasteiger partial charge is 0.465 e. The van der Waals surface area contributed by atoms with Crippen LogP contribution < -0.4 is 11.1 Å². The van der Waals surface area contributed by atoms with Gasteiger partial charge in [-0.05, 0) is 18.2 Å². The van der Waals surface area contributed by atoms with Gasteiger partial charge in [0.25, 0.3) is 0 Å². The second-order valence-corrected chi connectivity index (χ2v) is 2.97. The molecule has 0 bridgehead atoms. The Morgan fingerprint density at radius 1 is 1.38 bits per heavy atom. The van der Waals surface area contributed by atoms with Gasteiger partial charge in [0.05, 0.1) is 24.0 Å². The summed E-state index contributed by atoms with van der Waals surface area (Å²) in [5, 5.41) is 2.54. The van der Waals surface area contributed by atoms with Gasteiger partial charge in [-0.15, -0.1) is 12.4 Å². The number of rotatable bonds is 2. The molecule has 16 heavy (non-hydrogen) atoms. The predicted molar refractivity (Wildman–Crippen MR) is 63.7 cm³/mol. The molecule has 0 saturated heterocycles. The maximum Gasteiger partial charge on any atom is 0.337 e. The molecule has 1 aromatic carbocycles. The van der Waals surface area contributed by atoms with Crippen LogP contribution in [0.15, 0.2) is 18.2 Å². The average molecular weight is 245 g/mol. The van der Waals surface area contributed by atoms with Gasteiger partial charge in [0.1, 0.15) is 0 Å². The third-order valence-corrected chi connectivity index (χ3v) is 1.78. The van der Waals surface area contributed by atoms with Gasteiger partial charge in [0, 0.05) is 6.92 Å². The highest BCUT2D eigenvalue weighted by atomic mass is 35.5. The van der Waals surface area contributed by atoms with Crippen LogP contribution in [0.1, 0.15) is 17.3 Å². The number of nitrogens with two attached hydrogens (primary N) is 1. The molecule has 0 radical (unpaired) electrons. The first kappa shape index (κ1) is 14.2. The molecule has 0 saturated carbocycles. The maximum atomic E-state index is 11.1. The van der Waals surface area contributed by atoms with E-state index < -0.39 is 5.97 Å². The number of esters is 1. The first-order valence-electron chi connectivity index (χ1n) is 4.30. The molecule has 6 heteroatoms. The topological polar surface area (TPSA) is 81.4 Å².